The van der Waals surface area contributed by atoms with E-state index in [1.165, 1.54) is 12.8 Å². The van der Waals surface area contributed by atoms with Gasteiger partial charge in [0.25, 0.3) is 0 Å². The van der Waals surface area contributed by atoms with Gasteiger partial charge in [-0.05, 0) is 25.2 Å². The molecule has 0 saturated heterocycles. The van der Waals surface area contributed by atoms with Crippen LogP contribution >= 0.6 is 11.6 Å². The maximum atomic E-state index is 6.14. The minimum atomic E-state index is 0.194. The molecule has 0 radical (unpaired) electrons. The van der Waals surface area contributed by atoms with Crippen LogP contribution < -0.4 is 0 Å². The Labute approximate surface area is 56.2 Å². The van der Waals surface area contributed by atoms with Crippen LogP contribution in [-0.4, -0.2) is 4.87 Å². The quantitative estimate of drug-likeness (QED) is 0.482. The second-order valence-corrected chi connectivity index (χ2v) is 3.58. The number of alkyl halides is 1. The predicted octanol–water partition coefficient (Wildman–Crippen LogP) is 2.80. The first-order valence-corrected chi connectivity index (χ1v) is 3.76. The van der Waals surface area contributed by atoms with Crippen molar-refractivity contribution in [3.8, 4) is 0 Å². The molecule has 0 bridgehead atoms. The lowest BCUT2D eigenvalue weighted by Crippen LogP contribution is -2.39. The molecule has 0 N–H and O–H groups in total. The van der Waals surface area contributed by atoms with Crippen LogP contribution in [0.1, 0.15) is 33.1 Å². The number of hydrogen-bond acceptors (Lipinski definition) is 0. The molecule has 0 aromatic heterocycles. The second-order valence-electron chi connectivity index (χ2n) is 2.83. The summed E-state index contributed by atoms with van der Waals surface area (Å²) in [5, 5.41) is 0. The molecule has 0 heterocycles. The van der Waals surface area contributed by atoms with E-state index in [9.17, 15) is 0 Å². The summed E-state index contributed by atoms with van der Waals surface area (Å²) in [6, 6.07) is 0. The Kier molecular flexibility index (Phi) is 1.53. The first kappa shape index (κ1) is 6.41. The highest BCUT2D eigenvalue weighted by Gasteiger charge is 2.40. The third-order valence-electron chi connectivity index (χ3n) is 2.46. The molecule has 0 aromatic carbocycles. The summed E-state index contributed by atoms with van der Waals surface area (Å²) in [5.74, 6) is 0.758. The van der Waals surface area contributed by atoms with Crippen LogP contribution in [0.25, 0.3) is 0 Å². The molecule has 48 valence electrons. The maximum absolute atomic E-state index is 6.14. The fourth-order valence-corrected chi connectivity index (χ4v) is 1.49. The van der Waals surface area contributed by atoms with Crippen LogP contribution in [0.4, 0.5) is 0 Å². The summed E-state index contributed by atoms with van der Waals surface area (Å²) >= 11 is 6.14. The van der Waals surface area contributed by atoms with Crippen molar-refractivity contribution in [2.75, 3.05) is 0 Å². The smallest absolute Gasteiger partial charge is 0.0469 e. The first-order valence-electron chi connectivity index (χ1n) is 3.38. The monoisotopic (exact) mass is 132 g/mol. The van der Waals surface area contributed by atoms with Gasteiger partial charge in [0, 0.05) is 4.87 Å². The van der Waals surface area contributed by atoms with Crippen molar-refractivity contribution in [2.24, 2.45) is 5.92 Å². The summed E-state index contributed by atoms with van der Waals surface area (Å²) in [6.07, 6.45) is 3.69. The van der Waals surface area contributed by atoms with Gasteiger partial charge in [-0.3, -0.25) is 0 Å². The Hall–Kier alpha value is 0.290. The summed E-state index contributed by atoms with van der Waals surface area (Å²) in [5.41, 5.74) is 0. The van der Waals surface area contributed by atoms with Gasteiger partial charge >= 0.3 is 0 Å². The van der Waals surface area contributed by atoms with Gasteiger partial charge in [-0.15, -0.1) is 11.6 Å². The average molecular weight is 133 g/mol. The molecule has 0 nitrogen and oxygen atoms in total. The Balaban J connectivity index is 2.42. The van der Waals surface area contributed by atoms with E-state index in [1.54, 1.807) is 0 Å². The van der Waals surface area contributed by atoms with Crippen LogP contribution in [0.2, 0.25) is 0 Å². The van der Waals surface area contributed by atoms with E-state index in [4.69, 9.17) is 11.6 Å². The van der Waals surface area contributed by atoms with Crippen LogP contribution in [0.5, 0.6) is 0 Å². The van der Waals surface area contributed by atoms with Crippen LogP contribution in [0, 0.1) is 5.92 Å². The zero-order valence-electron chi connectivity index (χ0n) is 5.58. The van der Waals surface area contributed by atoms with E-state index in [1.807, 2.05) is 0 Å². The molecule has 1 heteroatoms. The molecule has 1 rings (SSSR count). The largest absolute Gasteiger partial charge is 0.119 e. The Morgan fingerprint density at radius 1 is 1.75 bits per heavy atom. The van der Waals surface area contributed by atoms with E-state index >= 15 is 0 Å². The number of hydrogen-bond donors (Lipinski definition) is 0. The van der Waals surface area contributed by atoms with Crippen molar-refractivity contribution in [1.82, 2.24) is 0 Å². The molecule has 1 saturated carbocycles. The van der Waals surface area contributed by atoms with E-state index < -0.39 is 0 Å². The fourth-order valence-electron chi connectivity index (χ4n) is 1.27. The van der Waals surface area contributed by atoms with E-state index in [2.05, 4.69) is 13.8 Å². The summed E-state index contributed by atoms with van der Waals surface area (Å²) < 4.78 is 0. The van der Waals surface area contributed by atoms with Gasteiger partial charge in [0.15, 0.2) is 0 Å². The molecule has 1 aliphatic carbocycles. The Morgan fingerprint density at radius 2 is 2.38 bits per heavy atom. The summed E-state index contributed by atoms with van der Waals surface area (Å²) in [4.78, 5) is 0.194. The predicted molar refractivity (Wildman–Crippen MR) is 37.3 cm³/mol. The van der Waals surface area contributed by atoms with Crippen LogP contribution in [0.3, 0.4) is 0 Å². The molecular weight excluding hydrogens is 120 g/mol. The average Bonchev–Trinajstić information content (AvgIpc) is 1.83. The van der Waals surface area contributed by atoms with E-state index in [0.29, 0.717) is 0 Å². The van der Waals surface area contributed by atoms with E-state index in [0.717, 1.165) is 12.3 Å². The van der Waals surface area contributed by atoms with Crippen molar-refractivity contribution in [3.63, 3.8) is 0 Å². The zero-order chi connectivity index (χ0) is 6.20. The second kappa shape index (κ2) is 1.91. The molecule has 1 aliphatic rings. The summed E-state index contributed by atoms with van der Waals surface area (Å²) in [6.45, 7) is 4.41. The van der Waals surface area contributed by atoms with Gasteiger partial charge in [0.05, 0.1) is 0 Å². The zero-order valence-corrected chi connectivity index (χ0v) is 6.33. The minimum absolute atomic E-state index is 0.194. The van der Waals surface area contributed by atoms with Crippen molar-refractivity contribution in [1.29, 1.82) is 0 Å². The topological polar surface area (TPSA) is 0 Å². The van der Waals surface area contributed by atoms with Gasteiger partial charge in [-0.2, -0.15) is 0 Å². The van der Waals surface area contributed by atoms with Gasteiger partial charge in [-0.1, -0.05) is 13.8 Å². The maximum Gasteiger partial charge on any atom is 0.0469 e. The Morgan fingerprint density at radius 3 is 2.38 bits per heavy atom. The standard InChI is InChI=1S/C7H13Cl/c1-3-7(8)5-4-6(7)2/h6H,3-5H2,1-2H3. The van der Waals surface area contributed by atoms with E-state index in [-0.39, 0.29) is 4.87 Å². The fraction of sp³-hybridized carbons (Fsp3) is 1.00. The highest BCUT2D eigenvalue weighted by molar-refractivity contribution is 6.24. The third kappa shape index (κ3) is 0.753. The van der Waals surface area contributed by atoms with Crippen molar-refractivity contribution < 1.29 is 0 Å². The molecule has 8 heavy (non-hydrogen) atoms. The van der Waals surface area contributed by atoms with Crippen LogP contribution in [0.15, 0.2) is 0 Å². The highest BCUT2D eigenvalue weighted by Crippen LogP contribution is 2.45. The normalized spacial score (nSPS) is 46.1. The lowest BCUT2D eigenvalue weighted by molar-refractivity contribution is 0.223. The van der Waals surface area contributed by atoms with Crippen LogP contribution in [-0.2, 0) is 0 Å². The molecule has 0 aromatic rings. The highest BCUT2D eigenvalue weighted by atomic mass is 35.5. The third-order valence-corrected chi connectivity index (χ3v) is 3.29. The van der Waals surface area contributed by atoms with Crippen molar-refractivity contribution >= 4 is 11.6 Å². The lowest BCUT2D eigenvalue weighted by atomic mass is 9.73. The van der Waals surface area contributed by atoms with Gasteiger partial charge in [0.2, 0.25) is 0 Å². The molecule has 2 atom stereocenters. The molecule has 0 spiro atoms. The van der Waals surface area contributed by atoms with Crippen molar-refractivity contribution in [2.45, 2.75) is 38.0 Å². The molecule has 0 amide bonds. The Bertz CT molecular complexity index is 86.4. The lowest BCUT2D eigenvalue weighted by Gasteiger charge is -2.42. The number of rotatable bonds is 1. The summed E-state index contributed by atoms with van der Waals surface area (Å²) in [7, 11) is 0. The molecule has 0 aliphatic heterocycles. The minimum Gasteiger partial charge on any atom is -0.119 e. The molecule has 1 fully saturated rings. The number of halogens is 1. The van der Waals surface area contributed by atoms with Gasteiger partial charge in [-0.25, -0.2) is 0 Å². The molecule has 2 unspecified atom stereocenters. The molecular formula is C7H13Cl. The van der Waals surface area contributed by atoms with Crippen molar-refractivity contribution in [3.05, 3.63) is 0 Å². The van der Waals surface area contributed by atoms with Gasteiger partial charge in [0.1, 0.15) is 0 Å². The van der Waals surface area contributed by atoms with Gasteiger partial charge < -0.3 is 0 Å². The first-order chi connectivity index (χ1) is 3.69. The SMILES string of the molecule is CCC1(Cl)CCC1C.